The van der Waals surface area contributed by atoms with Gasteiger partial charge in [-0.2, -0.15) is 0 Å². The molecule has 1 aliphatic rings. The molecule has 4 aromatic carbocycles. The van der Waals surface area contributed by atoms with Gasteiger partial charge in [0, 0.05) is 51.6 Å². The van der Waals surface area contributed by atoms with Crippen LogP contribution in [0.1, 0.15) is 34.8 Å². The molecular formula is C34H32BrCl2N3O5. The van der Waals surface area contributed by atoms with Crippen LogP contribution in [0.2, 0.25) is 10.0 Å². The number of amides is 1. The van der Waals surface area contributed by atoms with Crippen LogP contribution in [0.5, 0.6) is 11.5 Å². The minimum absolute atomic E-state index is 0.0496. The number of hydrogen-bond acceptors (Lipinski definition) is 7. The van der Waals surface area contributed by atoms with Gasteiger partial charge in [0.25, 0.3) is 5.91 Å². The number of nitrogens with one attached hydrogen (secondary N) is 2. The molecule has 1 heterocycles. The molecule has 3 N–H and O–H groups in total. The molecule has 234 valence electrons. The van der Waals surface area contributed by atoms with Crippen molar-refractivity contribution in [1.29, 1.82) is 0 Å². The second-order valence-electron chi connectivity index (χ2n) is 10.4. The van der Waals surface area contributed by atoms with Crippen molar-refractivity contribution in [2.45, 2.75) is 31.0 Å². The van der Waals surface area contributed by atoms with Gasteiger partial charge in [-0.15, -0.1) is 0 Å². The third-order valence-corrected chi connectivity index (χ3v) is 8.68. The minimum Gasteiger partial charge on any atom is -0.497 e. The lowest BCUT2D eigenvalue weighted by Crippen LogP contribution is -2.53. The van der Waals surface area contributed by atoms with E-state index in [1.54, 1.807) is 37.4 Å². The topological polar surface area (TPSA) is 101 Å². The zero-order valence-electron chi connectivity index (χ0n) is 24.4. The summed E-state index contributed by atoms with van der Waals surface area (Å²) in [6, 6.07) is 27.6. The number of hydrazine groups is 1. The standard InChI is InChI=1S/C34H32BrCl2N3O5/c1-43-26-12-7-22(8-13-26)21-38-40-33(42)34(20-24-5-2-3-6-29(24)35)31(28-16-11-25(36)19-30(28)37)45-32(39-34)23-9-14-27(15-10-23)44-18-4-17-41/h2-3,5-16,19,31,38,41H,4,17-18,20-21H2,1H3,(H,40,42)/t31-,34-/m0/s1. The predicted octanol–water partition coefficient (Wildman–Crippen LogP) is 6.85. The lowest BCUT2D eigenvalue weighted by Gasteiger charge is -2.31. The average molecular weight is 713 g/mol. The number of nitrogens with zero attached hydrogens (tertiary/aromatic N) is 1. The fraction of sp³-hybridized carbons (Fsp3) is 0.235. The highest BCUT2D eigenvalue weighted by molar-refractivity contribution is 9.10. The predicted molar refractivity (Wildman–Crippen MR) is 179 cm³/mol. The Hall–Kier alpha value is -3.60. The Morgan fingerprint density at radius 2 is 1.76 bits per heavy atom. The van der Waals surface area contributed by atoms with E-state index in [9.17, 15) is 4.79 Å². The summed E-state index contributed by atoms with van der Waals surface area (Å²) in [7, 11) is 1.61. The summed E-state index contributed by atoms with van der Waals surface area (Å²) in [6.45, 7) is 0.805. The van der Waals surface area contributed by atoms with Gasteiger partial charge in [0.15, 0.2) is 11.6 Å². The minimum atomic E-state index is -1.47. The second kappa shape index (κ2) is 15.1. The van der Waals surface area contributed by atoms with Crippen molar-refractivity contribution in [2.75, 3.05) is 20.3 Å². The summed E-state index contributed by atoms with van der Waals surface area (Å²) in [5.74, 6) is 1.27. The van der Waals surface area contributed by atoms with Gasteiger partial charge in [-0.05, 0) is 65.7 Å². The second-order valence-corrected chi connectivity index (χ2v) is 12.1. The van der Waals surface area contributed by atoms with E-state index < -0.39 is 17.6 Å². The van der Waals surface area contributed by atoms with Gasteiger partial charge in [-0.3, -0.25) is 10.2 Å². The monoisotopic (exact) mass is 711 g/mol. The lowest BCUT2D eigenvalue weighted by atomic mass is 9.82. The first-order chi connectivity index (χ1) is 21.8. The van der Waals surface area contributed by atoms with E-state index in [4.69, 9.17) is 47.5 Å². The normalized spacial score (nSPS) is 17.4. The van der Waals surface area contributed by atoms with E-state index in [2.05, 4.69) is 26.8 Å². The van der Waals surface area contributed by atoms with Gasteiger partial charge in [0.2, 0.25) is 5.90 Å². The summed E-state index contributed by atoms with van der Waals surface area (Å²) in [5, 5.41) is 9.87. The highest BCUT2D eigenvalue weighted by Gasteiger charge is 2.54. The van der Waals surface area contributed by atoms with Crippen molar-refractivity contribution in [3.05, 3.63) is 128 Å². The van der Waals surface area contributed by atoms with Gasteiger partial charge in [0.1, 0.15) is 11.5 Å². The molecule has 0 saturated heterocycles. The van der Waals surface area contributed by atoms with E-state index >= 15 is 0 Å². The summed E-state index contributed by atoms with van der Waals surface area (Å²) in [6.07, 6.45) is -0.173. The number of rotatable bonds is 13. The molecule has 0 saturated carbocycles. The first-order valence-electron chi connectivity index (χ1n) is 14.3. The van der Waals surface area contributed by atoms with Crippen LogP contribution >= 0.6 is 39.1 Å². The molecule has 8 nitrogen and oxygen atoms in total. The van der Waals surface area contributed by atoms with Crippen LogP contribution in [0.3, 0.4) is 0 Å². The molecule has 0 spiro atoms. The van der Waals surface area contributed by atoms with Crippen molar-refractivity contribution < 1.29 is 24.1 Å². The van der Waals surface area contributed by atoms with Crippen LogP contribution in [0.15, 0.2) is 100 Å². The van der Waals surface area contributed by atoms with Crippen molar-refractivity contribution >= 4 is 50.9 Å². The summed E-state index contributed by atoms with van der Waals surface area (Å²) >= 11 is 16.6. The van der Waals surface area contributed by atoms with Gasteiger partial charge in [-0.25, -0.2) is 10.4 Å². The molecule has 0 unspecified atom stereocenters. The molecular weight excluding hydrogens is 681 g/mol. The van der Waals surface area contributed by atoms with E-state index in [1.807, 2.05) is 60.7 Å². The van der Waals surface area contributed by atoms with E-state index in [-0.39, 0.29) is 18.9 Å². The number of ether oxygens (including phenoxy) is 3. The number of halogens is 3. The van der Waals surface area contributed by atoms with Crippen LogP contribution in [0, 0.1) is 0 Å². The largest absolute Gasteiger partial charge is 0.497 e. The summed E-state index contributed by atoms with van der Waals surface area (Å²) in [4.78, 5) is 19.4. The lowest BCUT2D eigenvalue weighted by molar-refractivity contribution is -0.130. The number of aliphatic imine (C=N–C) groups is 1. The molecule has 0 radical (unpaired) electrons. The fourth-order valence-corrected chi connectivity index (χ4v) is 5.92. The average Bonchev–Trinajstić information content (AvgIpc) is 3.43. The molecule has 2 atom stereocenters. The van der Waals surface area contributed by atoms with Crippen LogP contribution in [0.25, 0.3) is 0 Å². The summed E-state index contributed by atoms with van der Waals surface area (Å²) in [5.41, 5.74) is 7.51. The number of carbonyl (C=O) groups is 1. The van der Waals surface area contributed by atoms with Crippen molar-refractivity contribution in [3.8, 4) is 11.5 Å². The Labute approximate surface area is 280 Å². The van der Waals surface area contributed by atoms with Crippen molar-refractivity contribution in [1.82, 2.24) is 10.9 Å². The third-order valence-electron chi connectivity index (χ3n) is 7.35. The Balaban J connectivity index is 1.53. The molecule has 0 aromatic heterocycles. The maximum Gasteiger partial charge on any atom is 0.266 e. The van der Waals surface area contributed by atoms with Gasteiger partial charge >= 0.3 is 0 Å². The number of carbonyl (C=O) groups excluding carboxylic acids is 1. The highest BCUT2D eigenvalue weighted by Crippen LogP contribution is 2.45. The zero-order valence-corrected chi connectivity index (χ0v) is 27.5. The molecule has 0 bridgehead atoms. The third kappa shape index (κ3) is 7.80. The molecule has 4 aromatic rings. The van der Waals surface area contributed by atoms with Crippen LogP contribution in [0.4, 0.5) is 0 Å². The van der Waals surface area contributed by atoms with Crippen molar-refractivity contribution in [2.24, 2.45) is 4.99 Å². The van der Waals surface area contributed by atoms with Gasteiger partial charge in [0.05, 0.1) is 13.7 Å². The molecule has 1 amide bonds. The first kappa shape index (κ1) is 32.8. The Bertz CT molecular complexity index is 1650. The van der Waals surface area contributed by atoms with E-state index in [1.165, 1.54) is 0 Å². The molecule has 1 aliphatic heterocycles. The number of aliphatic hydroxyl groups excluding tert-OH is 1. The number of hydrogen-bond donors (Lipinski definition) is 3. The van der Waals surface area contributed by atoms with Crippen LogP contribution < -0.4 is 20.3 Å². The van der Waals surface area contributed by atoms with Gasteiger partial charge < -0.3 is 19.3 Å². The molecule has 5 rings (SSSR count). The molecule has 0 fully saturated rings. The quantitative estimate of drug-likeness (QED) is 0.104. The van der Waals surface area contributed by atoms with E-state index in [0.29, 0.717) is 46.5 Å². The smallest absolute Gasteiger partial charge is 0.266 e. The molecule has 0 aliphatic carbocycles. The van der Waals surface area contributed by atoms with Crippen LogP contribution in [-0.4, -0.2) is 42.8 Å². The fourth-order valence-electron chi connectivity index (χ4n) is 4.98. The molecule has 11 heteroatoms. The Kier molecular flexibility index (Phi) is 11.0. The Morgan fingerprint density at radius 1 is 1.02 bits per heavy atom. The van der Waals surface area contributed by atoms with Crippen molar-refractivity contribution in [3.63, 3.8) is 0 Å². The van der Waals surface area contributed by atoms with Crippen LogP contribution in [-0.2, 0) is 22.5 Å². The maximum absolute atomic E-state index is 14.4. The SMILES string of the molecule is COc1ccc(CNNC(=O)[C@@]2(Cc3ccccc3Br)N=C(c3ccc(OCCCO)cc3)O[C@H]2c2ccc(Cl)cc2Cl)cc1. The van der Waals surface area contributed by atoms with E-state index in [0.717, 1.165) is 21.3 Å². The Morgan fingerprint density at radius 3 is 2.44 bits per heavy atom. The maximum atomic E-state index is 14.4. The summed E-state index contributed by atoms with van der Waals surface area (Å²) < 4.78 is 18.3. The zero-order chi connectivity index (χ0) is 31.8. The van der Waals surface area contributed by atoms with Gasteiger partial charge in [-0.1, -0.05) is 75.5 Å². The highest BCUT2D eigenvalue weighted by atomic mass is 79.9. The molecule has 45 heavy (non-hydrogen) atoms. The number of aliphatic hydroxyl groups is 1. The number of benzene rings is 4. The first-order valence-corrected chi connectivity index (χ1v) is 15.8. The number of methoxy groups -OCH3 is 1.